The second-order valence-corrected chi connectivity index (χ2v) is 10.5. The minimum Gasteiger partial charge on any atom is -0.493 e. The van der Waals surface area contributed by atoms with Gasteiger partial charge in [-0.15, -0.1) is 28.1 Å². The van der Waals surface area contributed by atoms with Gasteiger partial charge in [-0.3, -0.25) is 9.36 Å². The molecule has 0 bridgehead atoms. The molecule has 0 fully saturated rings. The normalized spacial score (nSPS) is 11.0. The molecule has 0 spiro atoms. The lowest BCUT2D eigenvalue weighted by Gasteiger charge is -2.11. The molecule has 0 radical (unpaired) electrons. The zero-order valence-electron chi connectivity index (χ0n) is 21.2. The highest BCUT2D eigenvalue weighted by Crippen LogP contribution is 2.32. The van der Waals surface area contributed by atoms with Crippen LogP contribution in [0.2, 0.25) is 0 Å². The van der Waals surface area contributed by atoms with E-state index in [-0.39, 0.29) is 11.7 Å². The maximum atomic E-state index is 12.7. The number of thioether (sulfide) groups is 1. The van der Waals surface area contributed by atoms with Crippen molar-refractivity contribution in [2.45, 2.75) is 25.5 Å². The number of hydrogen-bond acceptors (Lipinski definition) is 7. The molecule has 38 heavy (non-hydrogen) atoms. The van der Waals surface area contributed by atoms with Crippen LogP contribution in [0, 0.1) is 6.92 Å². The van der Waals surface area contributed by atoms with Gasteiger partial charge >= 0.3 is 0 Å². The van der Waals surface area contributed by atoms with Gasteiger partial charge in [-0.05, 0) is 67.9 Å². The molecule has 192 valence electrons. The Balaban J connectivity index is 1.25. The van der Waals surface area contributed by atoms with E-state index in [0.29, 0.717) is 24.1 Å². The molecular weight excluding hydrogens is 514 g/mol. The number of carbonyl (C=O) groups excluding carboxylic acids is 1. The Labute approximate surface area is 229 Å². The highest BCUT2D eigenvalue weighted by Gasteiger charge is 2.18. The molecule has 1 N–H and O–H groups in total. The number of hydrogen-bond donors (Lipinski definition) is 1. The van der Waals surface area contributed by atoms with Crippen molar-refractivity contribution in [2.75, 3.05) is 17.7 Å². The number of thiazole rings is 1. The maximum absolute atomic E-state index is 12.7. The zero-order valence-corrected chi connectivity index (χ0v) is 22.8. The van der Waals surface area contributed by atoms with E-state index in [0.717, 1.165) is 33.1 Å². The van der Waals surface area contributed by atoms with Crippen LogP contribution in [0.3, 0.4) is 0 Å². The first-order valence-corrected chi connectivity index (χ1v) is 14.0. The van der Waals surface area contributed by atoms with E-state index in [4.69, 9.17) is 9.72 Å². The van der Waals surface area contributed by atoms with Crippen LogP contribution in [-0.2, 0) is 11.3 Å². The van der Waals surface area contributed by atoms with Crippen LogP contribution in [0.5, 0.6) is 5.75 Å². The van der Waals surface area contributed by atoms with E-state index in [1.807, 2.05) is 66.1 Å². The number of para-hydroxylation sites is 1. The van der Waals surface area contributed by atoms with E-state index < -0.39 is 0 Å². The summed E-state index contributed by atoms with van der Waals surface area (Å²) in [5.41, 5.74) is 4.82. The number of rotatable bonds is 10. The van der Waals surface area contributed by atoms with Crippen molar-refractivity contribution in [3.8, 4) is 27.7 Å². The molecule has 0 unspecified atom stereocenters. The van der Waals surface area contributed by atoms with Crippen LogP contribution in [0.4, 0.5) is 5.69 Å². The summed E-state index contributed by atoms with van der Waals surface area (Å²) in [6.07, 6.45) is 1.79. The number of nitrogens with zero attached hydrogens (tertiary/aromatic N) is 4. The molecule has 0 saturated heterocycles. The predicted octanol–water partition coefficient (Wildman–Crippen LogP) is 6.85. The first-order chi connectivity index (χ1) is 18.6. The number of allylic oxidation sites excluding steroid dienone is 1. The van der Waals surface area contributed by atoms with Crippen LogP contribution in [0.25, 0.3) is 32.2 Å². The molecule has 0 saturated carbocycles. The second kappa shape index (κ2) is 11.6. The van der Waals surface area contributed by atoms with Gasteiger partial charge in [0.25, 0.3) is 0 Å². The summed E-state index contributed by atoms with van der Waals surface area (Å²) in [5, 5.41) is 13.3. The van der Waals surface area contributed by atoms with E-state index in [2.05, 4.69) is 41.1 Å². The number of benzene rings is 3. The smallest absolute Gasteiger partial charge is 0.234 e. The Morgan fingerprint density at radius 2 is 1.95 bits per heavy atom. The third-order valence-corrected chi connectivity index (χ3v) is 7.78. The van der Waals surface area contributed by atoms with Crippen molar-refractivity contribution in [3.63, 3.8) is 0 Å². The monoisotopic (exact) mass is 541 g/mol. The average molecular weight is 542 g/mol. The lowest BCUT2D eigenvalue weighted by Crippen LogP contribution is -2.14. The van der Waals surface area contributed by atoms with Crippen molar-refractivity contribution < 1.29 is 9.53 Å². The Morgan fingerprint density at radius 3 is 2.74 bits per heavy atom. The van der Waals surface area contributed by atoms with Gasteiger partial charge in [0.2, 0.25) is 5.91 Å². The number of aryl methyl sites for hydroxylation is 1. The summed E-state index contributed by atoms with van der Waals surface area (Å²) >= 11 is 3.00. The summed E-state index contributed by atoms with van der Waals surface area (Å²) < 4.78 is 8.89. The average Bonchev–Trinajstić information content (AvgIpc) is 3.52. The lowest BCUT2D eigenvalue weighted by atomic mass is 10.2. The van der Waals surface area contributed by atoms with Gasteiger partial charge in [0, 0.05) is 17.8 Å². The highest BCUT2D eigenvalue weighted by atomic mass is 32.2. The second-order valence-electron chi connectivity index (χ2n) is 8.54. The number of aromatic nitrogens is 4. The number of carbonyl (C=O) groups is 1. The first kappa shape index (κ1) is 25.7. The highest BCUT2D eigenvalue weighted by molar-refractivity contribution is 7.99. The molecule has 0 atom stereocenters. The third-order valence-electron chi connectivity index (χ3n) is 5.75. The Hall–Kier alpha value is -3.95. The van der Waals surface area contributed by atoms with Gasteiger partial charge in [-0.25, -0.2) is 4.98 Å². The predicted molar refractivity (Wildman–Crippen MR) is 156 cm³/mol. The van der Waals surface area contributed by atoms with Gasteiger partial charge in [0.05, 0.1) is 28.1 Å². The largest absolute Gasteiger partial charge is 0.493 e. The van der Waals surface area contributed by atoms with Crippen molar-refractivity contribution in [1.82, 2.24) is 19.7 Å². The summed E-state index contributed by atoms with van der Waals surface area (Å²) in [5.74, 6) is 1.49. The van der Waals surface area contributed by atoms with E-state index in [1.54, 1.807) is 17.4 Å². The summed E-state index contributed by atoms with van der Waals surface area (Å²) in [7, 11) is 0. The maximum Gasteiger partial charge on any atom is 0.234 e. The molecule has 5 aromatic rings. The van der Waals surface area contributed by atoms with Gasteiger partial charge in [-0.2, -0.15) is 0 Å². The molecule has 3 aromatic carbocycles. The Bertz CT molecular complexity index is 1590. The number of anilines is 1. The minimum absolute atomic E-state index is 0.123. The van der Waals surface area contributed by atoms with Gasteiger partial charge in [0.15, 0.2) is 11.0 Å². The molecule has 9 heteroatoms. The van der Waals surface area contributed by atoms with Gasteiger partial charge in [0.1, 0.15) is 10.8 Å². The SMILES string of the molecule is C=CCn1c(SCC(=O)Nc2ccc(-c3nc4ccc(C)cc4s3)cc2)nnc1-c1ccccc1OCC. The van der Waals surface area contributed by atoms with Crippen molar-refractivity contribution in [3.05, 3.63) is 84.9 Å². The number of ether oxygens (including phenoxy) is 1. The number of fused-ring (bicyclic) bond motifs is 1. The molecule has 0 aliphatic heterocycles. The molecule has 0 aliphatic rings. The number of amides is 1. The summed E-state index contributed by atoms with van der Waals surface area (Å²) in [6, 6.07) is 21.8. The van der Waals surface area contributed by atoms with Crippen LogP contribution < -0.4 is 10.1 Å². The van der Waals surface area contributed by atoms with Crippen LogP contribution in [0.15, 0.2) is 84.5 Å². The molecule has 0 aliphatic carbocycles. The van der Waals surface area contributed by atoms with Crippen molar-refractivity contribution in [2.24, 2.45) is 0 Å². The molecule has 5 rings (SSSR count). The first-order valence-electron chi connectivity index (χ1n) is 12.2. The van der Waals surface area contributed by atoms with Gasteiger partial charge < -0.3 is 10.1 Å². The fraction of sp³-hybridized carbons (Fsp3) is 0.172. The standard InChI is InChI=1S/C29H27N5O2S2/c1-4-16-34-27(22-8-6-7-9-24(22)36-5-2)32-33-29(34)37-18-26(35)30-21-13-11-20(12-14-21)28-31-23-15-10-19(3)17-25(23)38-28/h4,6-15,17H,1,5,16,18H2,2-3H3,(H,30,35). The molecule has 1 amide bonds. The van der Waals surface area contributed by atoms with Crippen LogP contribution in [0.1, 0.15) is 12.5 Å². The van der Waals surface area contributed by atoms with Gasteiger partial charge in [-0.1, -0.05) is 36.0 Å². The lowest BCUT2D eigenvalue weighted by molar-refractivity contribution is -0.113. The van der Waals surface area contributed by atoms with E-state index >= 15 is 0 Å². The molecule has 2 aromatic heterocycles. The van der Waals surface area contributed by atoms with Crippen LogP contribution >= 0.6 is 23.1 Å². The summed E-state index contributed by atoms with van der Waals surface area (Å²) in [6.45, 7) is 8.96. The van der Waals surface area contributed by atoms with Crippen LogP contribution in [-0.4, -0.2) is 38.0 Å². The Kier molecular flexibility index (Phi) is 7.86. The molecule has 7 nitrogen and oxygen atoms in total. The fourth-order valence-electron chi connectivity index (χ4n) is 4.00. The van der Waals surface area contributed by atoms with E-state index in [1.165, 1.54) is 22.0 Å². The van der Waals surface area contributed by atoms with Crippen molar-refractivity contribution in [1.29, 1.82) is 0 Å². The zero-order chi connectivity index (χ0) is 26.5. The molecular formula is C29H27N5O2S2. The van der Waals surface area contributed by atoms with Crippen molar-refractivity contribution >= 4 is 44.9 Å². The minimum atomic E-state index is -0.123. The van der Waals surface area contributed by atoms with E-state index in [9.17, 15) is 4.79 Å². The summed E-state index contributed by atoms with van der Waals surface area (Å²) in [4.78, 5) is 17.5. The number of nitrogens with one attached hydrogen (secondary N) is 1. The molecule has 2 heterocycles. The topological polar surface area (TPSA) is 81.9 Å². The fourth-order valence-corrected chi connectivity index (χ4v) is 5.82. The third kappa shape index (κ3) is 5.64. The Morgan fingerprint density at radius 1 is 1.13 bits per heavy atom. The quantitative estimate of drug-likeness (QED) is 0.154.